The van der Waals surface area contributed by atoms with Gasteiger partial charge in [0.2, 0.25) is 6.04 Å². The van der Waals surface area contributed by atoms with E-state index >= 15 is 0 Å². The van der Waals surface area contributed by atoms with Crippen LogP contribution in [0.2, 0.25) is 0 Å². The number of carbonyl (C=O) groups excluding carboxylic acids is 3. The van der Waals surface area contributed by atoms with Crippen molar-refractivity contribution >= 4 is 34.3 Å². The molecule has 4 rings (SSSR count). The smallest absolute Gasteiger partial charge is 0.419 e. The minimum atomic E-state index is -5.06. The van der Waals surface area contributed by atoms with Gasteiger partial charge in [-0.15, -0.1) is 0 Å². The Labute approximate surface area is 232 Å². The summed E-state index contributed by atoms with van der Waals surface area (Å²) in [6.07, 6.45) is -4.89. The number of anilines is 1. The number of alkyl halides is 3. The first-order valence-electron chi connectivity index (χ1n) is 12.7. The zero-order chi connectivity index (χ0) is 29.9. The fourth-order valence-corrected chi connectivity index (χ4v) is 4.41. The van der Waals surface area contributed by atoms with Crippen molar-refractivity contribution in [3.05, 3.63) is 77.6 Å². The number of hydrogen-bond acceptors (Lipinski definition) is 6. The van der Waals surface area contributed by atoms with E-state index in [-0.39, 0.29) is 23.5 Å². The molecule has 0 aliphatic carbocycles. The molecule has 11 heteroatoms. The molecule has 2 N–H and O–H groups in total. The summed E-state index contributed by atoms with van der Waals surface area (Å²) in [5.74, 6) is -3.15. The molecule has 7 nitrogen and oxygen atoms in total. The van der Waals surface area contributed by atoms with E-state index in [0.717, 1.165) is 7.11 Å². The van der Waals surface area contributed by atoms with Crippen molar-refractivity contribution in [1.82, 2.24) is 5.32 Å². The highest BCUT2D eigenvalue weighted by Gasteiger charge is 2.47. The molecule has 0 saturated carbocycles. The van der Waals surface area contributed by atoms with Crippen LogP contribution in [0.1, 0.15) is 41.0 Å². The van der Waals surface area contributed by atoms with Gasteiger partial charge >= 0.3 is 12.1 Å². The van der Waals surface area contributed by atoms with E-state index < -0.39 is 29.9 Å². The Hall–Kier alpha value is -4.67. The van der Waals surface area contributed by atoms with Gasteiger partial charge in [0.05, 0.1) is 12.7 Å². The second-order valence-electron chi connectivity index (χ2n) is 9.07. The highest BCUT2D eigenvalue weighted by Crippen LogP contribution is 2.40. The van der Waals surface area contributed by atoms with Crippen LogP contribution in [0.5, 0.6) is 0 Å². The van der Waals surface area contributed by atoms with Gasteiger partial charge in [0.15, 0.2) is 5.78 Å². The molecule has 1 heterocycles. The molecule has 214 valence electrons. The third-order valence-electron chi connectivity index (χ3n) is 6.38. The number of nitrogens with one attached hydrogen (secondary N) is 2. The van der Waals surface area contributed by atoms with Crippen molar-refractivity contribution in [3.63, 3.8) is 0 Å². The second-order valence-corrected chi connectivity index (χ2v) is 9.07. The number of methoxy groups -OCH3 is 1. The van der Waals surface area contributed by atoms with E-state index in [2.05, 4.69) is 10.1 Å². The van der Waals surface area contributed by atoms with Crippen molar-refractivity contribution in [3.8, 4) is 22.5 Å². The number of Topliss-reactive ketones (excluding diaryl/α,β-unsaturated/α-hetero) is 1. The van der Waals surface area contributed by atoms with Crippen LogP contribution < -0.4 is 10.6 Å². The maximum atomic E-state index is 13.6. The molecule has 1 amide bonds. The lowest BCUT2D eigenvalue weighted by molar-refractivity contribution is -0.180. The van der Waals surface area contributed by atoms with E-state index in [4.69, 9.17) is 4.42 Å². The van der Waals surface area contributed by atoms with E-state index in [0.29, 0.717) is 45.5 Å². The predicted octanol–water partition coefficient (Wildman–Crippen LogP) is 6.76. The number of ether oxygens (including phenoxy) is 1. The average Bonchev–Trinajstić information content (AvgIpc) is 3.32. The number of furan rings is 1. The molecule has 0 bridgehead atoms. The maximum Gasteiger partial charge on any atom is 0.419 e. The molecule has 0 fully saturated rings. The summed E-state index contributed by atoms with van der Waals surface area (Å²) < 4.78 is 64.0. The van der Waals surface area contributed by atoms with Gasteiger partial charge in [0.1, 0.15) is 17.2 Å². The molecular formula is C30H26F4N2O5. The summed E-state index contributed by atoms with van der Waals surface area (Å²) in [7, 11) is 0.793. The number of rotatable bonds is 9. The van der Waals surface area contributed by atoms with Gasteiger partial charge in [-0.25, -0.2) is 9.18 Å². The van der Waals surface area contributed by atoms with Gasteiger partial charge in [-0.3, -0.25) is 9.59 Å². The monoisotopic (exact) mass is 570 g/mol. The van der Waals surface area contributed by atoms with E-state index in [1.165, 1.54) is 42.5 Å². The fourth-order valence-electron chi connectivity index (χ4n) is 4.41. The third-order valence-corrected chi connectivity index (χ3v) is 6.38. The van der Waals surface area contributed by atoms with Gasteiger partial charge in [-0.2, -0.15) is 13.2 Å². The summed E-state index contributed by atoms with van der Waals surface area (Å²) in [4.78, 5) is 37.5. The molecule has 1 aromatic heterocycles. The van der Waals surface area contributed by atoms with Crippen LogP contribution in [0, 0.1) is 5.82 Å². The SMILES string of the molecule is CCNc1cc2oc(-c3ccc(F)cc3)c(C(=O)CC)c2cc1-c1cccc(C(=O)NC(C(=O)OC)C(F)(F)F)c1. The van der Waals surface area contributed by atoms with Crippen molar-refractivity contribution in [1.29, 1.82) is 0 Å². The third kappa shape index (κ3) is 6.08. The molecule has 0 aliphatic heterocycles. The van der Waals surface area contributed by atoms with Gasteiger partial charge in [0, 0.05) is 46.8 Å². The Kier molecular flexibility index (Phi) is 8.46. The normalized spacial score (nSPS) is 12.2. The maximum absolute atomic E-state index is 13.6. The van der Waals surface area contributed by atoms with E-state index in [9.17, 15) is 31.9 Å². The summed E-state index contributed by atoms with van der Waals surface area (Å²) >= 11 is 0. The number of halogens is 4. The first-order chi connectivity index (χ1) is 19.5. The van der Waals surface area contributed by atoms with Crippen LogP contribution in [0.3, 0.4) is 0 Å². The zero-order valence-corrected chi connectivity index (χ0v) is 22.3. The molecule has 4 aromatic rings. The number of ketones is 1. The van der Waals surface area contributed by atoms with Gasteiger partial charge in [-0.1, -0.05) is 19.1 Å². The number of benzene rings is 3. The van der Waals surface area contributed by atoms with Crippen molar-refractivity contribution < 1.29 is 41.1 Å². The van der Waals surface area contributed by atoms with Crippen LogP contribution in [0.25, 0.3) is 33.4 Å². The predicted molar refractivity (Wildman–Crippen MR) is 145 cm³/mol. The molecule has 0 saturated heterocycles. The van der Waals surface area contributed by atoms with Crippen LogP contribution >= 0.6 is 0 Å². The summed E-state index contributed by atoms with van der Waals surface area (Å²) in [5, 5.41) is 5.37. The molecule has 0 radical (unpaired) electrons. The molecule has 1 atom stereocenters. The van der Waals surface area contributed by atoms with E-state index in [1.807, 2.05) is 6.92 Å². The first kappa shape index (κ1) is 29.3. The standard InChI is InChI=1S/C30H26F4N2O5/c1-4-23(37)25-21-14-20(22(35-5-2)15-24(21)41-26(25)16-9-11-19(31)12-10-16)17-7-6-8-18(13-17)28(38)36-27(29(39)40-3)30(32,33)34/h6-15,27,35H,4-5H2,1-3H3,(H,36,38). The van der Waals surface area contributed by atoms with Gasteiger partial charge < -0.3 is 19.8 Å². The Morgan fingerprint density at radius 3 is 2.29 bits per heavy atom. The highest BCUT2D eigenvalue weighted by atomic mass is 19.4. The quantitative estimate of drug-likeness (QED) is 0.131. The molecule has 0 spiro atoms. The van der Waals surface area contributed by atoms with Crippen LogP contribution in [-0.4, -0.2) is 43.5 Å². The zero-order valence-electron chi connectivity index (χ0n) is 22.3. The number of hydrogen-bond donors (Lipinski definition) is 2. The number of carbonyl (C=O) groups is 3. The van der Waals surface area contributed by atoms with Crippen molar-refractivity contribution in [2.75, 3.05) is 19.0 Å². The Morgan fingerprint density at radius 1 is 0.976 bits per heavy atom. The number of fused-ring (bicyclic) bond motifs is 1. The lowest BCUT2D eigenvalue weighted by Crippen LogP contribution is -2.51. The topological polar surface area (TPSA) is 97.6 Å². The summed E-state index contributed by atoms with van der Waals surface area (Å²) in [5.41, 5.74) is 2.65. The number of esters is 1. The van der Waals surface area contributed by atoms with Gasteiger partial charge in [-0.05, 0) is 55.0 Å². The molecule has 1 unspecified atom stereocenters. The van der Waals surface area contributed by atoms with Crippen molar-refractivity contribution in [2.24, 2.45) is 0 Å². The highest BCUT2D eigenvalue weighted by molar-refractivity contribution is 6.13. The molecule has 3 aromatic carbocycles. The lowest BCUT2D eigenvalue weighted by atomic mass is 9.95. The minimum Gasteiger partial charge on any atom is -0.467 e. The number of amides is 1. The second kappa shape index (κ2) is 11.8. The van der Waals surface area contributed by atoms with Crippen molar-refractivity contribution in [2.45, 2.75) is 32.5 Å². The molecular weight excluding hydrogens is 544 g/mol. The molecule has 41 heavy (non-hydrogen) atoms. The summed E-state index contributed by atoms with van der Waals surface area (Å²) in [6, 6.07) is 11.9. The minimum absolute atomic E-state index is 0.132. The summed E-state index contributed by atoms with van der Waals surface area (Å²) in [6.45, 7) is 4.06. The largest absolute Gasteiger partial charge is 0.467 e. The van der Waals surface area contributed by atoms with Crippen LogP contribution in [-0.2, 0) is 9.53 Å². The van der Waals surface area contributed by atoms with Crippen LogP contribution in [0.4, 0.5) is 23.2 Å². The van der Waals surface area contributed by atoms with Crippen LogP contribution in [0.15, 0.2) is 65.1 Å². The lowest BCUT2D eigenvalue weighted by Gasteiger charge is -2.19. The Balaban J connectivity index is 1.84. The molecule has 0 aliphatic rings. The van der Waals surface area contributed by atoms with Gasteiger partial charge in [0.25, 0.3) is 5.91 Å². The fraction of sp³-hybridized carbons (Fsp3) is 0.233. The Morgan fingerprint density at radius 2 is 1.68 bits per heavy atom. The Bertz CT molecular complexity index is 1610. The average molecular weight is 571 g/mol. The van der Waals surface area contributed by atoms with E-state index in [1.54, 1.807) is 30.4 Å². The first-order valence-corrected chi connectivity index (χ1v) is 12.7.